The van der Waals surface area contributed by atoms with Crippen LogP contribution in [0.25, 0.3) is 16.5 Å². The Balaban J connectivity index is 1.60. The van der Waals surface area contributed by atoms with Gasteiger partial charge in [0.1, 0.15) is 13.2 Å². The molecule has 0 saturated heterocycles. The van der Waals surface area contributed by atoms with Crippen molar-refractivity contribution in [3.8, 4) is 17.3 Å². The lowest BCUT2D eigenvalue weighted by Crippen LogP contribution is -2.32. The maximum absolute atomic E-state index is 13.5. The summed E-state index contributed by atoms with van der Waals surface area (Å²) >= 11 is 6.37. The van der Waals surface area contributed by atoms with E-state index >= 15 is 0 Å². The number of carbonyl (C=O) groups is 1. The third-order valence-electron chi connectivity index (χ3n) is 5.52. The average Bonchev–Trinajstić information content (AvgIpc) is 2.84. The highest BCUT2D eigenvalue weighted by atomic mass is 35.5. The van der Waals surface area contributed by atoms with Gasteiger partial charge in [-0.3, -0.25) is 14.2 Å². The van der Waals surface area contributed by atoms with Crippen LogP contribution in [0.2, 0.25) is 5.02 Å². The Bertz CT molecular complexity index is 1420. The molecule has 0 spiro atoms. The molecule has 5 rings (SSSR count). The highest BCUT2D eigenvalue weighted by Gasteiger charge is 2.24. The van der Waals surface area contributed by atoms with E-state index in [4.69, 9.17) is 21.1 Å². The molecule has 7 nitrogen and oxygen atoms in total. The van der Waals surface area contributed by atoms with Crippen molar-refractivity contribution in [1.82, 2.24) is 14.9 Å². The summed E-state index contributed by atoms with van der Waals surface area (Å²) in [4.78, 5) is 30.8. The SMILES string of the molecule is C[C@H](NC(=O)c1ccnc2c1OCCO2)c1cc2cccc(Cl)c2c(=O)n1-c1ccccc1. The summed E-state index contributed by atoms with van der Waals surface area (Å²) in [5.74, 6) is 0.257. The van der Waals surface area contributed by atoms with Gasteiger partial charge in [-0.1, -0.05) is 41.9 Å². The van der Waals surface area contributed by atoms with Crippen molar-refractivity contribution in [2.45, 2.75) is 13.0 Å². The Hall–Kier alpha value is -3.84. The second-order valence-electron chi connectivity index (χ2n) is 7.63. The lowest BCUT2D eigenvalue weighted by molar-refractivity contribution is 0.0926. The van der Waals surface area contributed by atoms with Gasteiger partial charge in [0.25, 0.3) is 17.3 Å². The molecule has 1 atom stereocenters. The van der Waals surface area contributed by atoms with Crippen LogP contribution in [0.5, 0.6) is 11.6 Å². The fraction of sp³-hybridized carbons (Fsp3) is 0.160. The van der Waals surface area contributed by atoms with Crippen molar-refractivity contribution in [3.63, 3.8) is 0 Å². The molecule has 4 aromatic rings. The van der Waals surface area contributed by atoms with Crippen LogP contribution < -0.4 is 20.3 Å². The Labute approximate surface area is 194 Å². The van der Waals surface area contributed by atoms with Crippen LogP contribution in [-0.2, 0) is 0 Å². The normalized spacial score (nSPS) is 13.5. The van der Waals surface area contributed by atoms with E-state index in [-0.39, 0.29) is 11.5 Å². The van der Waals surface area contributed by atoms with E-state index in [2.05, 4.69) is 10.3 Å². The summed E-state index contributed by atoms with van der Waals surface area (Å²) in [6.07, 6.45) is 1.50. The van der Waals surface area contributed by atoms with E-state index in [1.54, 1.807) is 22.8 Å². The molecule has 1 N–H and O–H groups in total. The summed E-state index contributed by atoms with van der Waals surface area (Å²) in [5.41, 5.74) is 1.37. The molecule has 0 fully saturated rings. The van der Waals surface area contributed by atoms with Gasteiger partial charge in [-0.05, 0) is 42.6 Å². The van der Waals surface area contributed by atoms with Gasteiger partial charge in [-0.2, -0.15) is 0 Å². The molecule has 0 bridgehead atoms. The molecule has 3 heterocycles. The Morgan fingerprint density at radius 3 is 2.70 bits per heavy atom. The van der Waals surface area contributed by atoms with Crippen molar-refractivity contribution in [3.05, 3.63) is 93.5 Å². The molecule has 2 aromatic carbocycles. The number of para-hydroxylation sites is 1. The molecule has 33 heavy (non-hydrogen) atoms. The number of benzene rings is 2. The second-order valence-corrected chi connectivity index (χ2v) is 8.04. The minimum atomic E-state index is -0.512. The fourth-order valence-corrected chi connectivity index (χ4v) is 4.24. The number of hydrogen-bond donors (Lipinski definition) is 1. The largest absolute Gasteiger partial charge is 0.484 e. The highest BCUT2D eigenvalue weighted by molar-refractivity contribution is 6.35. The summed E-state index contributed by atoms with van der Waals surface area (Å²) < 4.78 is 12.7. The zero-order chi connectivity index (χ0) is 22.9. The smallest absolute Gasteiger partial charge is 0.264 e. The molecule has 1 aliphatic rings. The number of hydrogen-bond acceptors (Lipinski definition) is 5. The maximum atomic E-state index is 13.5. The van der Waals surface area contributed by atoms with Gasteiger partial charge in [0.05, 0.1) is 22.0 Å². The van der Waals surface area contributed by atoms with Crippen LogP contribution in [0.15, 0.2) is 71.7 Å². The number of fused-ring (bicyclic) bond motifs is 2. The molecule has 1 aliphatic heterocycles. The fourth-order valence-electron chi connectivity index (χ4n) is 3.98. The van der Waals surface area contributed by atoms with E-state index in [0.717, 1.165) is 0 Å². The zero-order valence-electron chi connectivity index (χ0n) is 17.7. The average molecular weight is 462 g/mol. The Morgan fingerprint density at radius 1 is 1.09 bits per heavy atom. The third kappa shape index (κ3) is 3.81. The Morgan fingerprint density at radius 2 is 1.88 bits per heavy atom. The predicted molar refractivity (Wildman–Crippen MR) is 126 cm³/mol. The molecular weight excluding hydrogens is 442 g/mol. The van der Waals surface area contributed by atoms with Crippen LogP contribution in [0.3, 0.4) is 0 Å². The van der Waals surface area contributed by atoms with Gasteiger partial charge in [-0.15, -0.1) is 0 Å². The summed E-state index contributed by atoms with van der Waals surface area (Å²) in [6.45, 7) is 2.55. The number of rotatable bonds is 4. The monoisotopic (exact) mass is 461 g/mol. The molecule has 2 aromatic heterocycles. The molecule has 0 unspecified atom stereocenters. The number of carbonyl (C=O) groups excluding carboxylic acids is 1. The van der Waals surface area contributed by atoms with Crippen molar-refractivity contribution in [1.29, 1.82) is 0 Å². The van der Waals surface area contributed by atoms with Gasteiger partial charge in [0, 0.05) is 17.6 Å². The highest BCUT2D eigenvalue weighted by Crippen LogP contribution is 2.32. The minimum absolute atomic E-state index is 0.251. The molecular formula is C25H20ClN3O4. The molecule has 1 amide bonds. The predicted octanol–water partition coefficient (Wildman–Crippen LogP) is 4.30. The van der Waals surface area contributed by atoms with Crippen molar-refractivity contribution >= 4 is 28.3 Å². The number of aromatic nitrogens is 2. The molecule has 166 valence electrons. The summed E-state index contributed by atoms with van der Waals surface area (Å²) in [5, 5.41) is 4.50. The minimum Gasteiger partial charge on any atom is -0.484 e. The first-order valence-electron chi connectivity index (χ1n) is 10.5. The van der Waals surface area contributed by atoms with Gasteiger partial charge in [0.15, 0.2) is 5.75 Å². The maximum Gasteiger partial charge on any atom is 0.264 e. The van der Waals surface area contributed by atoms with E-state index in [1.165, 1.54) is 6.20 Å². The van der Waals surface area contributed by atoms with Crippen molar-refractivity contribution in [2.24, 2.45) is 0 Å². The number of ether oxygens (including phenoxy) is 2. The molecule has 0 saturated carbocycles. The summed E-state index contributed by atoms with van der Waals surface area (Å²) in [6, 6.07) is 17.5. The van der Waals surface area contributed by atoms with E-state index < -0.39 is 6.04 Å². The van der Waals surface area contributed by atoms with E-state index in [1.807, 2.05) is 49.4 Å². The molecule has 0 aliphatic carbocycles. The number of pyridine rings is 2. The zero-order valence-corrected chi connectivity index (χ0v) is 18.5. The summed E-state index contributed by atoms with van der Waals surface area (Å²) in [7, 11) is 0. The van der Waals surface area contributed by atoms with Crippen LogP contribution in [0, 0.1) is 0 Å². The van der Waals surface area contributed by atoms with Gasteiger partial charge in [-0.25, -0.2) is 4.98 Å². The van der Waals surface area contributed by atoms with Crippen LogP contribution in [0.4, 0.5) is 0 Å². The quantitative estimate of drug-likeness (QED) is 0.490. The lowest BCUT2D eigenvalue weighted by atomic mass is 10.1. The van der Waals surface area contributed by atoms with Crippen LogP contribution >= 0.6 is 11.6 Å². The second kappa shape index (κ2) is 8.60. The number of halogens is 1. The first-order chi connectivity index (χ1) is 16.0. The van der Waals surface area contributed by atoms with Crippen molar-refractivity contribution < 1.29 is 14.3 Å². The van der Waals surface area contributed by atoms with Gasteiger partial charge >= 0.3 is 0 Å². The van der Waals surface area contributed by atoms with Crippen molar-refractivity contribution in [2.75, 3.05) is 13.2 Å². The molecule has 8 heteroatoms. The molecule has 0 radical (unpaired) electrons. The Kier molecular flexibility index (Phi) is 5.48. The van der Waals surface area contributed by atoms with Crippen LogP contribution in [-0.4, -0.2) is 28.7 Å². The van der Waals surface area contributed by atoms with Gasteiger partial charge in [0.2, 0.25) is 0 Å². The van der Waals surface area contributed by atoms with Crippen LogP contribution in [0.1, 0.15) is 29.0 Å². The van der Waals surface area contributed by atoms with E-state index in [0.29, 0.717) is 57.6 Å². The third-order valence-corrected chi connectivity index (χ3v) is 5.83. The van der Waals surface area contributed by atoms with Gasteiger partial charge < -0.3 is 14.8 Å². The first kappa shape index (κ1) is 21.0. The standard InChI is InChI=1S/C25H20ClN3O4/c1-15(28-23(30)18-10-11-27-24-22(18)32-12-13-33-24)20-14-16-6-5-9-19(26)21(16)25(31)29(20)17-7-3-2-4-8-17/h2-11,14-15H,12-13H2,1H3,(H,28,30)/t15-/m0/s1. The number of nitrogens with zero attached hydrogens (tertiary/aromatic N) is 2. The number of amides is 1. The first-order valence-corrected chi connectivity index (χ1v) is 10.9. The topological polar surface area (TPSA) is 82.5 Å². The van der Waals surface area contributed by atoms with E-state index in [9.17, 15) is 9.59 Å². The number of nitrogens with one attached hydrogen (secondary N) is 1. The lowest BCUT2D eigenvalue weighted by Gasteiger charge is -2.23.